The van der Waals surface area contributed by atoms with Crippen molar-refractivity contribution in [3.05, 3.63) is 11.6 Å². The van der Waals surface area contributed by atoms with Gasteiger partial charge < -0.3 is 5.11 Å². The summed E-state index contributed by atoms with van der Waals surface area (Å²) in [6.07, 6.45) is 9.29. The number of aliphatic carboxylic acids is 1. The van der Waals surface area contributed by atoms with Crippen molar-refractivity contribution in [2.24, 2.45) is 5.92 Å². The molecule has 1 atom stereocenters. The Hall–Kier alpha value is -0.480. The fourth-order valence-electron chi connectivity index (χ4n) is 2.87. The fourth-order valence-corrected chi connectivity index (χ4v) is 4.30. The van der Waals surface area contributed by atoms with Gasteiger partial charge in [0, 0.05) is 5.75 Å². The summed E-state index contributed by atoms with van der Waals surface area (Å²) in [5.74, 6) is 0.777. The zero-order chi connectivity index (χ0) is 13.9. The summed E-state index contributed by atoms with van der Waals surface area (Å²) < 4.78 is 0. The molecular formula is C15H25NO2S. The predicted molar refractivity (Wildman–Crippen MR) is 80.4 cm³/mol. The van der Waals surface area contributed by atoms with E-state index in [-0.39, 0.29) is 10.9 Å². The zero-order valence-corrected chi connectivity index (χ0v) is 12.8. The van der Waals surface area contributed by atoms with Crippen LogP contribution in [0, 0.1) is 5.92 Å². The Morgan fingerprint density at radius 3 is 2.74 bits per heavy atom. The number of carboxylic acid groups (broad SMARTS) is 1. The van der Waals surface area contributed by atoms with Crippen LogP contribution in [0.15, 0.2) is 11.6 Å². The number of nitrogens with one attached hydrogen (secondary N) is 1. The average Bonchev–Trinajstić information content (AvgIpc) is 2.76. The van der Waals surface area contributed by atoms with E-state index in [0.717, 1.165) is 31.6 Å². The van der Waals surface area contributed by atoms with Crippen molar-refractivity contribution >= 4 is 17.7 Å². The van der Waals surface area contributed by atoms with E-state index in [9.17, 15) is 4.79 Å². The Kier molecular flexibility index (Phi) is 4.96. The van der Waals surface area contributed by atoms with Gasteiger partial charge in [0.25, 0.3) is 0 Å². The molecule has 1 heterocycles. The minimum absolute atomic E-state index is 0.0401. The van der Waals surface area contributed by atoms with E-state index in [1.807, 2.05) is 11.8 Å². The van der Waals surface area contributed by atoms with Gasteiger partial charge in [-0.25, -0.2) is 0 Å². The van der Waals surface area contributed by atoms with Gasteiger partial charge in [0.1, 0.15) is 6.04 Å². The second-order valence-corrected chi connectivity index (χ2v) is 7.58. The predicted octanol–water partition coefficient (Wildman–Crippen LogP) is 3.41. The first-order chi connectivity index (χ1) is 9.01. The van der Waals surface area contributed by atoms with Crippen molar-refractivity contribution in [1.82, 2.24) is 5.32 Å². The Balaban J connectivity index is 1.81. The van der Waals surface area contributed by atoms with Crippen LogP contribution in [-0.4, -0.2) is 27.7 Å². The largest absolute Gasteiger partial charge is 0.480 e. The molecule has 1 aliphatic heterocycles. The molecule has 1 aliphatic carbocycles. The molecular weight excluding hydrogens is 258 g/mol. The summed E-state index contributed by atoms with van der Waals surface area (Å²) in [7, 11) is 0. The van der Waals surface area contributed by atoms with E-state index in [1.54, 1.807) is 5.57 Å². The number of thioether (sulfide) groups is 1. The van der Waals surface area contributed by atoms with Crippen LogP contribution in [0.3, 0.4) is 0 Å². The first kappa shape index (κ1) is 14.9. The van der Waals surface area contributed by atoms with E-state index in [0.29, 0.717) is 5.75 Å². The van der Waals surface area contributed by atoms with Crippen LogP contribution in [0.5, 0.6) is 0 Å². The lowest BCUT2D eigenvalue weighted by Gasteiger charge is -2.34. The van der Waals surface area contributed by atoms with Crippen molar-refractivity contribution in [1.29, 1.82) is 0 Å². The van der Waals surface area contributed by atoms with Crippen molar-refractivity contribution in [2.45, 2.75) is 63.3 Å². The molecule has 1 saturated heterocycles. The molecule has 2 aliphatic rings. The molecule has 19 heavy (non-hydrogen) atoms. The summed E-state index contributed by atoms with van der Waals surface area (Å²) >= 11 is 1.81. The van der Waals surface area contributed by atoms with Crippen molar-refractivity contribution < 1.29 is 9.90 Å². The van der Waals surface area contributed by atoms with E-state index >= 15 is 0 Å². The van der Waals surface area contributed by atoms with Gasteiger partial charge in [0.2, 0.25) is 0 Å². The maximum absolute atomic E-state index is 11.0. The molecule has 0 aromatic rings. The van der Waals surface area contributed by atoms with Crippen LogP contribution in [-0.2, 0) is 4.79 Å². The molecule has 0 radical (unpaired) electrons. The average molecular weight is 283 g/mol. The van der Waals surface area contributed by atoms with E-state index in [4.69, 9.17) is 5.11 Å². The van der Waals surface area contributed by atoms with Gasteiger partial charge in [-0.15, -0.1) is 11.8 Å². The Morgan fingerprint density at radius 2 is 2.21 bits per heavy atom. The van der Waals surface area contributed by atoms with Gasteiger partial charge in [0.05, 0.1) is 4.87 Å². The third-order valence-corrected chi connectivity index (χ3v) is 5.72. The van der Waals surface area contributed by atoms with Gasteiger partial charge in [-0.2, -0.15) is 0 Å². The SMILES string of the molecule is CC(C)CCC=C1CCC2(CC1)N[C@H](C(=O)O)CS2. The molecule has 1 spiro atoms. The number of carboxylic acids is 1. The highest BCUT2D eigenvalue weighted by Gasteiger charge is 2.43. The lowest BCUT2D eigenvalue weighted by molar-refractivity contribution is -0.138. The van der Waals surface area contributed by atoms with Crippen LogP contribution >= 0.6 is 11.8 Å². The fraction of sp³-hybridized carbons (Fsp3) is 0.800. The number of hydrogen-bond acceptors (Lipinski definition) is 3. The van der Waals surface area contributed by atoms with E-state index in [1.165, 1.54) is 12.8 Å². The third kappa shape index (κ3) is 3.99. The van der Waals surface area contributed by atoms with Gasteiger partial charge in [0.15, 0.2) is 0 Å². The van der Waals surface area contributed by atoms with E-state index < -0.39 is 5.97 Å². The standard InChI is InChI=1S/C15H25NO2S/c1-11(2)4-3-5-12-6-8-15(9-7-12)16-13(10-19-15)14(17)18/h5,11,13,16H,3-4,6-10H2,1-2H3,(H,17,18)/t13-,15?/m0/s1. The van der Waals surface area contributed by atoms with Crippen LogP contribution in [0.1, 0.15) is 52.4 Å². The molecule has 0 bridgehead atoms. The molecule has 1 saturated carbocycles. The quantitative estimate of drug-likeness (QED) is 0.776. The maximum atomic E-state index is 11.0. The van der Waals surface area contributed by atoms with Gasteiger partial charge in [-0.1, -0.05) is 25.5 Å². The smallest absolute Gasteiger partial charge is 0.321 e. The molecule has 2 rings (SSSR count). The normalized spacial score (nSPS) is 31.1. The van der Waals surface area contributed by atoms with Crippen LogP contribution in [0.25, 0.3) is 0 Å². The lowest BCUT2D eigenvalue weighted by Crippen LogP contribution is -2.46. The summed E-state index contributed by atoms with van der Waals surface area (Å²) in [5, 5.41) is 12.4. The Morgan fingerprint density at radius 1 is 1.53 bits per heavy atom. The highest BCUT2D eigenvalue weighted by molar-refractivity contribution is 8.00. The first-order valence-corrected chi connectivity index (χ1v) is 8.32. The number of carbonyl (C=O) groups is 1. The second-order valence-electron chi connectivity index (χ2n) is 6.17. The number of hydrogen-bond donors (Lipinski definition) is 2. The van der Waals surface area contributed by atoms with Crippen molar-refractivity contribution in [3.63, 3.8) is 0 Å². The first-order valence-electron chi connectivity index (χ1n) is 7.33. The second kappa shape index (κ2) is 6.31. The Labute approximate surface area is 120 Å². The summed E-state index contributed by atoms with van der Waals surface area (Å²) in [5.41, 5.74) is 1.58. The molecule has 0 unspecified atom stereocenters. The van der Waals surface area contributed by atoms with Gasteiger partial charge in [-0.3, -0.25) is 10.1 Å². The highest BCUT2D eigenvalue weighted by Crippen LogP contribution is 2.43. The highest BCUT2D eigenvalue weighted by atomic mass is 32.2. The zero-order valence-electron chi connectivity index (χ0n) is 11.9. The minimum atomic E-state index is -0.706. The van der Waals surface area contributed by atoms with Crippen LogP contribution < -0.4 is 5.32 Å². The van der Waals surface area contributed by atoms with Crippen LogP contribution in [0.4, 0.5) is 0 Å². The van der Waals surface area contributed by atoms with Crippen LogP contribution in [0.2, 0.25) is 0 Å². The summed E-state index contributed by atoms with van der Waals surface area (Å²) in [6, 6.07) is -0.350. The summed E-state index contributed by atoms with van der Waals surface area (Å²) in [6.45, 7) is 4.53. The van der Waals surface area contributed by atoms with Crippen molar-refractivity contribution in [3.8, 4) is 0 Å². The molecule has 108 valence electrons. The molecule has 4 heteroatoms. The van der Waals surface area contributed by atoms with E-state index in [2.05, 4.69) is 25.2 Å². The molecule has 0 amide bonds. The topological polar surface area (TPSA) is 49.3 Å². The molecule has 2 fully saturated rings. The van der Waals surface area contributed by atoms with Gasteiger partial charge >= 0.3 is 5.97 Å². The lowest BCUT2D eigenvalue weighted by atomic mass is 9.89. The maximum Gasteiger partial charge on any atom is 0.321 e. The monoisotopic (exact) mass is 283 g/mol. The number of allylic oxidation sites excluding steroid dienone is 2. The molecule has 2 N–H and O–H groups in total. The third-order valence-electron chi connectivity index (χ3n) is 4.14. The molecule has 0 aromatic carbocycles. The Bertz CT molecular complexity index is 355. The van der Waals surface area contributed by atoms with Gasteiger partial charge in [-0.05, 0) is 44.4 Å². The molecule has 3 nitrogen and oxygen atoms in total. The molecule has 0 aromatic heterocycles. The minimum Gasteiger partial charge on any atom is -0.480 e. The summed E-state index contributed by atoms with van der Waals surface area (Å²) in [4.78, 5) is 11.0. The van der Waals surface area contributed by atoms with Crippen molar-refractivity contribution in [2.75, 3.05) is 5.75 Å². The number of rotatable bonds is 4.